The lowest BCUT2D eigenvalue weighted by molar-refractivity contribution is 0.0702. The van der Waals surface area contributed by atoms with Gasteiger partial charge in [-0.3, -0.25) is 4.79 Å². The van der Waals surface area contributed by atoms with Gasteiger partial charge < -0.3 is 10.4 Å². The SMILES string of the molecule is Cc1csc(C(=O)Nc2ccc(C(=O)O)s2)c1Cl. The molecule has 0 radical (unpaired) electrons. The number of carboxylic acid groups (broad SMARTS) is 1. The number of carbonyl (C=O) groups excluding carboxylic acids is 1. The van der Waals surface area contributed by atoms with E-state index in [0.29, 0.717) is 14.9 Å². The molecule has 2 heterocycles. The maximum Gasteiger partial charge on any atom is 0.345 e. The van der Waals surface area contributed by atoms with Gasteiger partial charge in [-0.2, -0.15) is 0 Å². The number of halogens is 1. The van der Waals surface area contributed by atoms with Crippen molar-refractivity contribution in [2.45, 2.75) is 6.92 Å². The van der Waals surface area contributed by atoms with E-state index in [-0.39, 0.29) is 10.8 Å². The maximum atomic E-state index is 11.9. The number of nitrogens with one attached hydrogen (secondary N) is 1. The van der Waals surface area contributed by atoms with E-state index in [1.54, 1.807) is 11.4 Å². The minimum Gasteiger partial charge on any atom is -0.477 e. The molecule has 2 rings (SSSR count). The fourth-order valence-electron chi connectivity index (χ4n) is 1.27. The highest BCUT2D eigenvalue weighted by atomic mass is 35.5. The highest BCUT2D eigenvalue weighted by Gasteiger charge is 2.16. The summed E-state index contributed by atoms with van der Waals surface area (Å²) in [5, 5.41) is 14.1. The summed E-state index contributed by atoms with van der Waals surface area (Å²) < 4.78 is 0. The third kappa shape index (κ3) is 2.55. The van der Waals surface area contributed by atoms with E-state index < -0.39 is 5.97 Å². The van der Waals surface area contributed by atoms with E-state index in [1.807, 2.05) is 6.92 Å². The van der Waals surface area contributed by atoms with Crippen LogP contribution < -0.4 is 5.32 Å². The molecule has 0 aliphatic rings. The average Bonchev–Trinajstić information content (AvgIpc) is 2.88. The highest BCUT2D eigenvalue weighted by Crippen LogP contribution is 2.29. The number of aromatic carboxylic acids is 1. The monoisotopic (exact) mass is 301 g/mol. The van der Waals surface area contributed by atoms with Crippen molar-refractivity contribution < 1.29 is 14.7 Å². The van der Waals surface area contributed by atoms with Gasteiger partial charge in [-0.1, -0.05) is 11.6 Å². The summed E-state index contributed by atoms with van der Waals surface area (Å²) >= 11 is 8.25. The zero-order chi connectivity index (χ0) is 13.3. The zero-order valence-corrected chi connectivity index (χ0v) is 11.6. The minimum atomic E-state index is -1.01. The smallest absolute Gasteiger partial charge is 0.345 e. The fraction of sp³-hybridized carbons (Fsp3) is 0.0909. The van der Waals surface area contributed by atoms with Gasteiger partial charge in [-0.25, -0.2) is 4.79 Å². The molecule has 7 heteroatoms. The number of carbonyl (C=O) groups is 2. The van der Waals surface area contributed by atoms with Gasteiger partial charge in [0.1, 0.15) is 9.75 Å². The van der Waals surface area contributed by atoms with Gasteiger partial charge in [0.25, 0.3) is 5.91 Å². The van der Waals surface area contributed by atoms with Crippen LogP contribution in [0.1, 0.15) is 24.9 Å². The van der Waals surface area contributed by atoms with E-state index in [0.717, 1.165) is 16.9 Å². The molecule has 94 valence electrons. The van der Waals surface area contributed by atoms with Gasteiger partial charge >= 0.3 is 5.97 Å². The van der Waals surface area contributed by atoms with E-state index in [9.17, 15) is 9.59 Å². The molecule has 1 amide bonds. The third-order valence-corrected chi connectivity index (χ3v) is 4.84. The molecule has 0 bridgehead atoms. The van der Waals surface area contributed by atoms with Gasteiger partial charge in [-0.15, -0.1) is 22.7 Å². The number of amides is 1. The molecule has 0 unspecified atom stereocenters. The molecule has 4 nitrogen and oxygen atoms in total. The molecule has 0 aliphatic carbocycles. The van der Waals surface area contributed by atoms with Gasteiger partial charge in [0.05, 0.1) is 10.0 Å². The largest absolute Gasteiger partial charge is 0.477 e. The second-order valence-electron chi connectivity index (χ2n) is 3.48. The Morgan fingerprint density at radius 2 is 2.11 bits per heavy atom. The Morgan fingerprint density at radius 1 is 1.39 bits per heavy atom. The summed E-state index contributed by atoms with van der Waals surface area (Å²) in [6.45, 7) is 1.82. The summed E-state index contributed by atoms with van der Waals surface area (Å²) in [4.78, 5) is 23.2. The quantitative estimate of drug-likeness (QED) is 0.908. The van der Waals surface area contributed by atoms with Crippen molar-refractivity contribution in [3.05, 3.63) is 37.9 Å². The van der Waals surface area contributed by atoms with Crippen molar-refractivity contribution in [1.82, 2.24) is 0 Å². The Kier molecular flexibility index (Phi) is 3.70. The normalized spacial score (nSPS) is 10.3. The molecular formula is C11H8ClNO3S2. The first kappa shape index (κ1) is 13.1. The van der Waals surface area contributed by atoms with E-state index in [1.165, 1.54) is 17.4 Å². The molecule has 0 saturated carbocycles. The number of hydrogen-bond acceptors (Lipinski definition) is 4. The first-order chi connectivity index (χ1) is 8.49. The van der Waals surface area contributed by atoms with Crippen LogP contribution in [0.3, 0.4) is 0 Å². The summed E-state index contributed by atoms with van der Waals surface area (Å²) in [7, 11) is 0. The van der Waals surface area contributed by atoms with Crippen LogP contribution in [0.15, 0.2) is 17.5 Å². The number of aryl methyl sites for hydroxylation is 1. The van der Waals surface area contributed by atoms with Crippen LogP contribution >= 0.6 is 34.3 Å². The van der Waals surface area contributed by atoms with E-state index in [4.69, 9.17) is 16.7 Å². The molecule has 18 heavy (non-hydrogen) atoms. The average molecular weight is 302 g/mol. The van der Waals surface area contributed by atoms with Crippen LogP contribution in [0.25, 0.3) is 0 Å². The molecule has 2 aromatic rings. The van der Waals surface area contributed by atoms with Gasteiger partial charge in [0.15, 0.2) is 0 Å². The Labute approximate surface area is 116 Å². The molecule has 0 aromatic carbocycles. The van der Waals surface area contributed by atoms with Gasteiger partial charge in [0, 0.05) is 0 Å². The van der Waals surface area contributed by atoms with Crippen molar-refractivity contribution in [3.8, 4) is 0 Å². The molecule has 2 N–H and O–H groups in total. The van der Waals surface area contributed by atoms with Crippen molar-refractivity contribution in [2.75, 3.05) is 5.32 Å². The molecule has 0 saturated heterocycles. The first-order valence-electron chi connectivity index (χ1n) is 4.87. The van der Waals surface area contributed by atoms with Crippen LogP contribution in [-0.2, 0) is 0 Å². The first-order valence-corrected chi connectivity index (χ1v) is 6.94. The number of thiophene rings is 2. The Morgan fingerprint density at radius 3 is 2.61 bits per heavy atom. The summed E-state index contributed by atoms with van der Waals surface area (Å²) in [6, 6.07) is 3.00. The van der Waals surface area contributed by atoms with Crippen LogP contribution in [0.4, 0.5) is 5.00 Å². The third-order valence-electron chi connectivity index (χ3n) is 2.16. The zero-order valence-electron chi connectivity index (χ0n) is 9.19. The summed E-state index contributed by atoms with van der Waals surface area (Å²) in [6.07, 6.45) is 0. The standard InChI is InChI=1S/C11H8ClNO3S2/c1-5-4-17-9(8(5)12)10(14)13-7-3-2-6(18-7)11(15)16/h2-4H,1H3,(H,13,14)(H,15,16). The minimum absolute atomic E-state index is 0.179. The second kappa shape index (κ2) is 5.09. The summed E-state index contributed by atoms with van der Waals surface area (Å²) in [5.41, 5.74) is 0.851. The molecule has 0 fully saturated rings. The van der Waals surface area contributed by atoms with Crippen molar-refractivity contribution >= 4 is 51.2 Å². The van der Waals surface area contributed by atoms with Crippen LogP contribution in [-0.4, -0.2) is 17.0 Å². The molecule has 0 spiro atoms. The van der Waals surface area contributed by atoms with Gasteiger partial charge in [0.2, 0.25) is 0 Å². The van der Waals surface area contributed by atoms with E-state index >= 15 is 0 Å². The molecule has 2 aromatic heterocycles. The van der Waals surface area contributed by atoms with E-state index in [2.05, 4.69) is 5.32 Å². The molecule has 0 aliphatic heterocycles. The highest BCUT2D eigenvalue weighted by molar-refractivity contribution is 7.18. The summed E-state index contributed by atoms with van der Waals surface area (Å²) in [5.74, 6) is -1.33. The number of anilines is 1. The molecule has 0 atom stereocenters. The maximum absolute atomic E-state index is 11.9. The topological polar surface area (TPSA) is 66.4 Å². The van der Waals surface area contributed by atoms with Crippen molar-refractivity contribution in [3.63, 3.8) is 0 Å². The van der Waals surface area contributed by atoms with Crippen molar-refractivity contribution in [1.29, 1.82) is 0 Å². The number of rotatable bonds is 3. The van der Waals surface area contributed by atoms with Crippen LogP contribution in [0.5, 0.6) is 0 Å². The molecular weight excluding hydrogens is 294 g/mol. The lowest BCUT2D eigenvalue weighted by atomic mass is 10.3. The van der Waals surface area contributed by atoms with Crippen LogP contribution in [0.2, 0.25) is 5.02 Å². The Hall–Kier alpha value is -1.37. The van der Waals surface area contributed by atoms with Crippen molar-refractivity contribution in [2.24, 2.45) is 0 Å². The Bertz CT molecular complexity index is 618. The lowest BCUT2D eigenvalue weighted by Crippen LogP contribution is -2.09. The van der Waals surface area contributed by atoms with Gasteiger partial charge in [-0.05, 0) is 30.0 Å². The second-order valence-corrected chi connectivity index (χ2v) is 5.83. The predicted octanol–water partition coefficient (Wildman–Crippen LogP) is 3.72. The predicted molar refractivity (Wildman–Crippen MR) is 73.3 cm³/mol. The Balaban J connectivity index is 2.16. The number of hydrogen-bond donors (Lipinski definition) is 2. The van der Waals surface area contributed by atoms with Crippen LogP contribution in [0, 0.1) is 6.92 Å². The number of carboxylic acids is 1. The fourth-order valence-corrected chi connectivity index (χ4v) is 3.19. The lowest BCUT2D eigenvalue weighted by Gasteiger charge is -2.00.